The van der Waals surface area contributed by atoms with Crippen LogP contribution >= 0.6 is 11.3 Å². The zero-order chi connectivity index (χ0) is 32.7. The molecule has 232 valence electrons. The van der Waals surface area contributed by atoms with E-state index in [0.29, 0.717) is 39.6 Å². The number of ether oxygens (including phenoxy) is 4. The first-order valence-corrected chi connectivity index (χ1v) is 13.8. The molecule has 1 saturated heterocycles. The summed E-state index contributed by atoms with van der Waals surface area (Å²) in [6.45, 7) is 7.97. The average Bonchev–Trinajstić information content (AvgIpc) is 3.50. The quantitative estimate of drug-likeness (QED) is 0.110. The van der Waals surface area contributed by atoms with Gasteiger partial charge in [-0.1, -0.05) is 24.0 Å². The number of ketones is 1. The summed E-state index contributed by atoms with van der Waals surface area (Å²) in [7, 11) is 4.46. The molecular weight excluding hydrogens is 592 g/mol. The number of amides is 1. The van der Waals surface area contributed by atoms with Crippen LogP contribution in [0.15, 0.2) is 54.6 Å². The Labute approximate surface area is 257 Å². The van der Waals surface area contributed by atoms with Crippen molar-refractivity contribution < 1.29 is 48.3 Å². The van der Waals surface area contributed by atoms with E-state index < -0.39 is 29.7 Å². The number of carbonyl (C=O) groups is 4. The summed E-state index contributed by atoms with van der Waals surface area (Å²) in [5.41, 5.74) is 1.53. The topological polar surface area (TPSA) is 162 Å². The minimum atomic E-state index is -1.13. The van der Waals surface area contributed by atoms with Crippen molar-refractivity contribution in [3.63, 3.8) is 0 Å². The van der Waals surface area contributed by atoms with Crippen LogP contribution in [0.2, 0.25) is 0 Å². The molecule has 1 amide bonds. The number of aromatic nitrogens is 1. The summed E-state index contributed by atoms with van der Waals surface area (Å²) < 4.78 is 21.3. The van der Waals surface area contributed by atoms with Crippen LogP contribution in [0.3, 0.4) is 0 Å². The number of aliphatic carboxylic acids is 1. The molecule has 0 saturated carbocycles. The van der Waals surface area contributed by atoms with Crippen molar-refractivity contribution in [3.8, 4) is 17.2 Å². The van der Waals surface area contributed by atoms with Gasteiger partial charge in [0.05, 0.1) is 32.6 Å². The van der Waals surface area contributed by atoms with Gasteiger partial charge in [-0.3, -0.25) is 19.3 Å². The number of thiazole rings is 1. The van der Waals surface area contributed by atoms with Gasteiger partial charge in [-0.25, -0.2) is 9.78 Å². The van der Waals surface area contributed by atoms with E-state index in [2.05, 4.69) is 11.6 Å². The minimum Gasteiger partial charge on any atom is -0.507 e. The fourth-order valence-corrected chi connectivity index (χ4v) is 5.40. The predicted molar refractivity (Wildman–Crippen MR) is 163 cm³/mol. The molecule has 44 heavy (non-hydrogen) atoms. The van der Waals surface area contributed by atoms with E-state index in [9.17, 15) is 19.5 Å². The summed E-state index contributed by atoms with van der Waals surface area (Å²) in [5.74, 6) is -2.31. The van der Waals surface area contributed by atoms with Gasteiger partial charge in [0.15, 0.2) is 5.13 Å². The molecule has 1 aliphatic rings. The van der Waals surface area contributed by atoms with Crippen molar-refractivity contribution >= 4 is 45.9 Å². The fraction of sp³-hybridized carbons (Fsp3) is 0.258. The second-order valence-corrected chi connectivity index (χ2v) is 10.3. The number of rotatable bonds is 9. The molecule has 1 atom stereocenters. The standard InChI is InChI=1S/C29H28N2O8S.C2H4O2/c1-7-12-39-28(35)26-16(3)30-29(40-26)31-23(20-11-9-18(37-5)14-21(20)38-6)22(25(33)27(31)34)24(32)19-10-8-17(36-4)13-15(19)2;1-2(3)4/h7-11,13-14,23,32H,1,12H2,2-6H3;1H3,(H,3,4)/b24-22+;. The van der Waals surface area contributed by atoms with Crippen molar-refractivity contribution in [2.75, 3.05) is 32.8 Å². The maximum absolute atomic E-state index is 13.6. The maximum atomic E-state index is 13.6. The number of esters is 1. The van der Waals surface area contributed by atoms with Crippen molar-refractivity contribution in [3.05, 3.63) is 81.9 Å². The highest BCUT2D eigenvalue weighted by atomic mass is 32.1. The van der Waals surface area contributed by atoms with Gasteiger partial charge in [-0.2, -0.15) is 0 Å². The maximum Gasteiger partial charge on any atom is 0.350 e. The Bertz CT molecular complexity index is 1640. The second-order valence-electron chi connectivity index (χ2n) is 9.27. The van der Waals surface area contributed by atoms with Gasteiger partial charge in [0.1, 0.15) is 40.5 Å². The molecule has 4 rings (SSSR count). The highest BCUT2D eigenvalue weighted by Crippen LogP contribution is 2.47. The van der Waals surface area contributed by atoms with E-state index in [-0.39, 0.29) is 27.9 Å². The highest BCUT2D eigenvalue weighted by molar-refractivity contribution is 7.17. The van der Waals surface area contributed by atoms with Gasteiger partial charge in [-0.05, 0) is 49.7 Å². The lowest BCUT2D eigenvalue weighted by Gasteiger charge is -2.25. The molecule has 1 fully saturated rings. The van der Waals surface area contributed by atoms with Crippen LogP contribution in [0.25, 0.3) is 5.76 Å². The van der Waals surface area contributed by atoms with Crippen molar-refractivity contribution in [1.82, 2.24) is 4.98 Å². The summed E-state index contributed by atoms with van der Waals surface area (Å²) in [6, 6.07) is 8.74. The summed E-state index contributed by atoms with van der Waals surface area (Å²) in [6.07, 6.45) is 1.44. The van der Waals surface area contributed by atoms with Gasteiger partial charge >= 0.3 is 11.9 Å². The van der Waals surface area contributed by atoms with Gasteiger partial charge in [0.25, 0.3) is 11.8 Å². The largest absolute Gasteiger partial charge is 0.507 e. The Kier molecular flexibility index (Phi) is 10.9. The zero-order valence-electron chi connectivity index (χ0n) is 25.0. The highest BCUT2D eigenvalue weighted by Gasteiger charge is 2.49. The molecular formula is C31H32N2O10S. The summed E-state index contributed by atoms with van der Waals surface area (Å²) in [5, 5.41) is 19.0. The molecule has 1 aromatic heterocycles. The number of aliphatic hydroxyl groups excluding tert-OH is 1. The fourth-order valence-electron chi connectivity index (χ4n) is 4.42. The number of carboxylic acids is 1. The van der Waals surface area contributed by atoms with Crippen molar-refractivity contribution in [1.29, 1.82) is 0 Å². The van der Waals surface area contributed by atoms with E-state index in [4.69, 9.17) is 28.8 Å². The molecule has 1 unspecified atom stereocenters. The van der Waals surface area contributed by atoms with E-state index in [0.717, 1.165) is 18.3 Å². The molecule has 0 bridgehead atoms. The number of nitrogens with zero attached hydrogens (tertiary/aromatic N) is 2. The number of hydrogen-bond donors (Lipinski definition) is 2. The number of aryl methyl sites for hydroxylation is 2. The van der Waals surface area contributed by atoms with Crippen molar-refractivity contribution in [2.24, 2.45) is 0 Å². The molecule has 2 aromatic carbocycles. The van der Waals surface area contributed by atoms with Crippen molar-refractivity contribution in [2.45, 2.75) is 26.8 Å². The third-order valence-electron chi connectivity index (χ3n) is 6.38. The minimum absolute atomic E-state index is 0.000278. The third kappa shape index (κ3) is 6.89. The first-order chi connectivity index (χ1) is 20.9. The first-order valence-electron chi connectivity index (χ1n) is 13.0. The molecule has 12 nitrogen and oxygen atoms in total. The second kappa shape index (κ2) is 14.3. The number of carbonyl (C=O) groups excluding carboxylic acids is 3. The third-order valence-corrected chi connectivity index (χ3v) is 7.51. The first kappa shape index (κ1) is 33.3. The van der Waals surface area contributed by atoms with E-state index >= 15 is 0 Å². The summed E-state index contributed by atoms with van der Waals surface area (Å²) in [4.78, 5) is 54.6. The van der Waals surface area contributed by atoms with Crippen LogP contribution in [0, 0.1) is 13.8 Å². The van der Waals surface area contributed by atoms with Gasteiger partial charge < -0.3 is 29.2 Å². The van der Waals surface area contributed by atoms with Gasteiger partial charge in [0, 0.05) is 24.1 Å². The Morgan fingerprint density at radius 1 is 1.02 bits per heavy atom. The average molecular weight is 625 g/mol. The molecule has 2 heterocycles. The lowest BCUT2D eigenvalue weighted by molar-refractivity contribution is -0.134. The molecule has 0 spiro atoms. The monoisotopic (exact) mass is 624 g/mol. The summed E-state index contributed by atoms with van der Waals surface area (Å²) >= 11 is 0.905. The van der Waals surface area contributed by atoms with Crippen LogP contribution < -0.4 is 19.1 Å². The number of carboxylic acid groups (broad SMARTS) is 1. The Balaban J connectivity index is 0.00000124. The van der Waals surface area contributed by atoms with E-state index in [1.165, 1.54) is 32.3 Å². The lowest BCUT2D eigenvalue weighted by atomic mass is 9.93. The number of aliphatic hydroxyl groups is 1. The number of benzene rings is 2. The van der Waals surface area contributed by atoms with E-state index in [1.54, 1.807) is 50.2 Å². The van der Waals surface area contributed by atoms with Gasteiger partial charge in [-0.15, -0.1) is 0 Å². The Morgan fingerprint density at radius 2 is 1.64 bits per heavy atom. The molecule has 0 radical (unpaired) electrons. The molecule has 3 aromatic rings. The van der Waals surface area contributed by atoms with Crippen LogP contribution in [0.5, 0.6) is 17.2 Å². The van der Waals surface area contributed by atoms with Gasteiger partial charge in [0.2, 0.25) is 0 Å². The SMILES string of the molecule is C=CCOC(=O)c1sc(N2C(=O)C(=O)/C(=C(/O)c3ccc(OC)cc3C)C2c2ccc(OC)cc2OC)nc1C.CC(=O)O. The van der Waals surface area contributed by atoms with Crippen LogP contribution in [-0.4, -0.2) is 66.8 Å². The van der Waals surface area contributed by atoms with Crippen LogP contribution in [0.4, 0.5) is 5.13 Å². The number of anilines is 1. The number of hydrogen-bond acceptors (Lipinski definition) is 11. The predicted octanol–water partition coefficient (Wildman–Crippen LogP) is 4.85. The Morgan fingerprint density at radius 3 is 2.20 bits per heavy atom. The molecule has 2 N–H and O–H groups in total. The molecule has 1 aliphatic heterocycles. The van der Waals surface area contributed by atoms with E-state index in [1.807, 2.05) is 0 Å². The lowest BCUT2D eigenvalue weighted by Crippen LogP contribution is -2.29. The van der Waals surface area contributed by atoms with Crippen LogP contribution in [-0.2, 0) is 19.1 Å². The smallest absolute Gasteiger partial charge is 0.350 e. The normalized spacial score (nSPS) is 15.2. The zero-order valence-corrected chi connectivity index (χ0v) is 25.8. The van der Waals surface area contributed by atoms with Crippen LogP contribution in [0.1, 0.15) is 45.0 Å². The Hall–Kier alpha value is -5.17. The number of methoxy groups -OCH3 is 3. The molecule has 13 heteroatoms. The molecule has 0 aliphatic carbocycles. The number of Topliss-reactive ketones (excluding diaryl/α,β-unsaturated/α-hetero) is 1.